The fourth-order valence-electron chi connectivity index (χ4n) is 2.29. The van der Waals surface area contributed by atoms with Crippen LogP contribution < -0.4 is 15.8 Å². The fourth-order valence-corrected chi connectivity index (χ4v) is 2.29. The van der Waals surface area contributed by atoms with Crippen LogP contribution in [0.2, 0.25) is 0 Å². The van der Waals surface area contributed by atoms with Crippen molar-refractivity contribution < 1.29 is 27.4 Å². The molecule has 23 heavy (non-hydrogen) atoms. The molecule has 1 aliphatic rings. The number of carbonyl (C=O) groups excluding carboxylic acids is 1. The first kappa shape index (κ1) is 19.5. The van der Waals surface area contributed by atoms with Crippen LogP contribution in [0.15, 0.2) is 24.3 Å². The summed E-state index contributed by atoms with van der Waals surface area (Å²) >= 11 is 0. The minimum Gasteiger partial charge on any atom is -0.406 e. The van der Waals surface area contributed by atoms with Crippen LogP contribution >= 0.6 is 12.4 Å². The van der Waals surface area contributed by atoms with Crippen LogP contribution in [0.4, 0.5) is 18.9 Å². The third-order valence-electron chi connectivity index (χ3n) is 3.67. The number of nitrogens with one attached hydrogen (secondary N) is 1. The van der Waals surface area contributed by atoms with E-state index in [2.05, 4.69) is 10.1 Å². The Kier molecular flexibility index (Phi) is 6.67. The molecule has 2 rings (SSSR count). The van der Waals surface area contributed by atoms with Crippen molar-refractivity contribution in [3.8, 4) is 5.75 Å². The van der Waals surface area contributed by atoms with Crippen molar-refractivity contribution in [2.45, 2.75) is 19.2 Å². The minimum absolute atomic E-state index is 0. The lowest BCUT2D eigenvalue weighted by atomic mass is 9.79. The summed E-state index contributed by atoms with van der Waals surface area (Å²) in [5, 5.41) is 2.68. The van der Waals surface area contributed by atoms with Gasteiger partial charge in [0.05, 0.1) is 5.41 Å². The number of hydrogen-bond acceptors (Lipinski definition) is 4. The summed E-state index contributed by atoms with van der Waals surface area (Å²) in [5.41, 5.74) is 5.42. The highest BCUT2D eigenvalue weighted by Gasteiger charge is 2.38. The van der Waals surface area contributed by atoms with Crippen LogP contribution in [0.1, 0.15) is 12.8 Å². The van der Waals surface area contributed by atoms with Gasteiger partial charge in [0, 0.05) is 25.4 Å². The number of carbonyl (C=O) groups is 1. The fraction of sp³-hybridized carbons (Fsp3) is 0.500. The van der Waals surface area contributed by atoms with E-state index in [0.29, 0.717) is 31.7 Å². The molecule has 1 amide bonds. The highest BCUT2D eigenvalue weighted by atomic mass is 35.5. The summed E-state index contributed by atoms with van der Waals surface area (Å²) in [6.07, 6.45) is -3.70. The molecule has 9 heteroatoms. The van der Waals surface area contributed by atoms with E-state index in [9.17, 15) is 18.0 Å². The molecule has 3 N–H and O–H groups in total. The lowest BCUT2D eigenvalue weighted by molar-refractivity contribution is -0.274. The number of nitrogens with two attached hydrogens (primary N) is 1. The second-order valence-electron chi connectivity index (χ2n) is 5.12. The molecular weight excluding hydrogens is 337 g/mol. The molecule has 0 bridgehead atoms. The van der Waals surface area contributed by atoms with Crippen molar-refractivity contribution in [1.82, 2.24) is 0 Å². The summed E-state index contributed by atoms with van der Waals surface area (Å²) in [6.45, 7) is 1.11. The number of ether oxygens (including phenoxy) is 2. The van der Waals surface area contributed by atoms with E-state index >= 15 is 0 Å². The predicted molar refractivity (Wildman–Crippen MR) is 80.5 cm³/mol. The third kappa shape index (κ3) is 5.26. The van der Waals surface area contributed by atoms with Crippen LogP contribution in [-0.4, -0.2) is 32.0 Å². The summed E-state index contributed by atoms with van der Waals surface area (Å²) in [5.74, 6) is -0.590. The van der Waals surface area contributed by atoms with E-state index in [1.54, 1.807) is 0 Å². The van der Waals surface area contributed by atoms with Crippen molar-refractivity contribution in [1.29, 1.82) is 0 Å². The third-order valence-corrected chi connectivity index (χ3v) is 3.67. The summed E-state index contributed by atoms with van der Waals surface area (Å²) < 4.78 is 45.2. The average molecular weight is 355 g/mol. The van der Waals surface area contributed by atoms with Gasteiger partial charge in [-0.1, -0.05) is 0 Å². The van der Waals surface area contributed by atoms with Gasteiger partial charge in [-0.05, 0) is 37.1 Å². The van der Waals surface area contributed by atoms with Gasteiger partial charge in [0.25, 0.3) is 0 Å². The number of halogens is 4. The summed E-state index contributed by atoms with van der Waals surface area (Å²) in [6, 6.07) is 4.98. The number of amides is 1. The molecule has 1 heterocycles. The Labute approximate surface area is 137 Å². The quantitative estimate of drug-likeness (QED) is 0.872. The second kappa shape index (κ2) is 7.85. The maximum Gasteiger partial charge on any atom is 0.573 e. The molecule has 0 unspecified atom stereocenters. The zero-order valence-electron chi connectivity index (χ0n) is 12.2. The SMILES string of the molecule is Cl.NCC1(C(=O)Nc2ccc(OC(F)(F)F)cc2)CCOCC1. The Hall–Kier alpha value is -1.51. The molecule has 1 aromatic rings. The Morgan fingerprint density at radius 1 is 1.26 bits per heavy atom. The van der Waals surface area contributed by atoms with Crippen molar-refractivity contribution >= 4 is 24.0 Å². The predicted octanol–water partition coefficient (Wildman–Crippen LogP) is 2.70. The first-order valence-electron chi connectivity index (χ1n) is 6.80. The smallest absolute Gasteiger partial charge is 0.406 e. The molecule has 1 fully saturated rings. The van der Waals surface area contributed by atoms with Crippen LogP contribution in [0.25, 0.3) is 0 Å². The molecule has 5 nitrogen and oxygen atoms in total. The maximum absolute atomic E-state index is 12.4. The van der Waals surface area contributed by atoms with E-state index in [0.717, 1.165) is 12.1 Å². The van der Waals surface area contributed by atoms with E-state index in [1.165, 1.54) is 12.1 Å². The zero-order chi connectivity index (χ0) is 16.2. The lowest BCUT2D eigenvalue weighted by Crippen LogP contribution is -2.46. The van der Waals surface area contributed by atoms with Gasteiger partial charge >= 0.3 is 6.36 Å². The van der Waals surface area contributed by atoms with Gasteiger partial charge in [-0.2, -0.15) is 0 Å². The van der Waals surface area contributed by atoms with Gasteiger partial charge in [-0.15, -0.1) is 25.6 Å². The van der Waals surface area contributed by atoms with Crippen LogP contribution in [-0.2, 0) is 9.53 Å². The Bertz CT molecular complexity index is 517. The lowest BCUT2D eigenvalue weighted by Gasteiger charge is -2.34. The van der Waals surface area contributed by atoms with Gasteiger partial charge in [-0.25, -0.2) is 0 Å². The molecule has 1 saturated heterocycles. The van der Waals surface area contributed by atoms with Crippen molar-refractivity contribution in [3.05, 3.63) is 24.3 Å². The first-order valence-corrected chi connectivity index (χ1v) is 6.80. The summed E-state index contributed by atoms with van der Waals surface area (Å²) in [4.78, 5) is 12.4. The Morgan fingerprint density at radius 3 is 2.30 bits per heavy atom. The Balaban J connectivity index is 0.00000264. The Morgan fingerprint density at radius 2 is 1.83 bits per heavy atom. The molecule has 1 aliphatic heterocycles. The molecule has 0 saturated carbocycles. The van der Waals surface area contributed by atoms with Crippen molar-refractivity contribution in [2.75, 3.05) is 25.1 Å². The second-order valence-corrected chi connectivity index (χ2v) is 5.12. The first-order chi connectivity index (χ1) is 10.3. The van der Waals surface area contributed by atoms with Crippen LogP contribution in [0, 0.1) is 5.41 Å². The minimum atomic E-state index is -4.74. The van der Waals surface area contributed by atoms with Crippen molar-refractivity contribution in [2.24, 2.45) is 11.1 Å². The molecule has 0 spiro atoms. The highest BCUT2D eigenvalue weighted by Crippen LogP contribution is 2.31. The molecule has 0 radical (unpaired) electrons. The van der Waals surface area contributed by atoms with E-state index in [1.807, 2.05) is 0 Å². The highest BCUT2D eigenvalue weighted by molar-refractivity contribution is 5.95. The largest absolute Gasteiger partial charge is 0.573 e. The number of anilines is 1. The van der Waals surface area contributed by atoms with Crippen LogP contribution in [0.5, 0.6) is 5.75 Å². The van der Waals surface area contributed by atoms with Gasteiger partial charge in [-0.3, -0.25) is 4.79 Å². The molecule has 0 aliphatic carbocycles. The summed E-state index contributed by atoms with van der Waals surface area (Å²) in [7, 11) is 0. The van der Waals surface area contributed by atoms with Crippen LogP contribution in [0.3, 0.4) is 0 Å². The molecule has 130 valence electrons. The monoisotopic (exact) mass is 354 g/mol. The average Bonchev–Trinajstić information content (AvgIpc) is 2.48. The molecule has 0 aromatic heterocycles. The normalized spacial score (nSPS) is 17.0. The molecule has 1 aromatic carbocycles. The number of hydrogen-bond donors (Lipinski definition) is 2. The topological polar surface area (TPSA) is 73.6 Å². The van der Waals surface area contributed by atoms with E-state index in [-0.39, 0.29) is 30.6 Å². The number of benzene rings is 1. The van der Waals surface area contributed by atoms with Gasteiger partial charge in [0.1, 0.15) is 5.75 Å². The number of alkyl halides is 3. The zero-order valence-corrected chi connectivity index (χ0v) is 13.0. The van der Waals surface area contributed by atoms with E-state index < -0.39 is 11.8 Å². The molecular formula is C14H18ClF3N2O3. The van der Waals surface area contributed by atoms with Crippen molar-refractivity contribution in [3.63, 3.8) is 0 Å². The maximum atomic E-state index is 12.4. The van der Waals surface area contributed by atoms with Gasteiger partial charge in [0.15, 0.2) is 0 Å². The van der Waals surface area contributed by atoms with E-state index in [4.69, 9.17) is 10.5 Å². The molecule has 0 atom stereocenters. The standard InChI is InChI=1S/C14H17F3N2O3.ClH/c15-14(16,17)22-11-3-1-10(2-4-11)19-12(20)13(9-18)5-7-21-8-6-13;/h1-4H,5-9,18H2,(H,19,20);1H. The van der Waals surface area contributed by atoms with Gasteiger partial charge in [0.2, 0.25) is 5.91 Å². The number of rotatable bonds is 4. The van der Waals surface area contributed by atoms with Gasteiger partial charge < -0.3 is 20.5 Å².